The van der Waals surface area contributed by atoms with Crippen LogP contribution in [0.3, 0.4) is 0 Å². The molecule has 7 heteroatoms. The molecular formula is C18H26IN5O. The maximum absolute atomic E-state index is 5.45. The van der Waals surface area contributed by atoms with Gasteiger partial charge in [0.25, 0.3) is 0 Å². The number of methoxy groups -OCH3 is 1. The van der Waals surface area contributed by atoms with Crippen molar-refractivity contribution in [2.45, 2.75) is 33.9 Å². The summed E-state index contributed by atoms with van der Waals surface area (Å²) in [5.41, 5.74) is 3.96. The fraction of sp³-hybridized carbons (Fsp3) is 0.389. The van der Waals surface area contributed by atoms with Gasteiger partial charge in [0, 0.05) is 30.1 Å². The number of ether oxygens (including phenoxy) is 1. The van der Waals surface area contributed by atoms with Crippen LogP contribution >= 0.6 is 24.0 Å². The smallest absolute Gasteiger partial charge is 0.191 e. The number of guanidine groups is 1. The fourth-order valence-corrected chi connectivity index (χ4v) is 2.41. The monoisotopic (exact) mass is 455 g/mol. The molecule has 2 N–H and O–H groups in total. The molecule has 0 bridgehead atoms. The molecule has 0 saturated carbocycles. The minimum Gasteiger partial charge on any atom is -0.496 e. The molecule has 0 spiro atoms. The van der Waals surface area contributed by atoms with Gasteiger partial charge in [-0.2, -0.15) is 0 Å². The molecular weight excluding hydrogens is 429 g/mol. The number of hydrogen-bond donors (Lipinski definition) is 2. The molecule has 0 atom stereocenters. The van der Waals surface area contributed by atoms with Crippen LogP contribution in [0.2, 0.25) is 0 Å². The van der Waals surface area contributed by atoms with E-state index in [2.05, 4.69) is 25.6 Å². The zero-order valence-electron chi connectivity index (χ0n) is 15.2. The Labute approximate surface area is 166 Å². The first-order valence-corrected chi connectivity index (χ1v) is 8.06. The lowest BCUT2D eigenvalue weighted by Crippen LogP contribution is -2.37. The van der Waals surface area contributed by atoms with Gasteiger partial charge in [0.1, 0.15) is 5.75 Å². The van der Waals surface area contributed by atoms with Gasteiger partial charge in [0.15, 0.2) is 5.96 Å². The van der Waals surface area contributed by atoms with Crippen molar-refractivity contribution in [3.63, 3.8) is 0 Å². The van der Waals surface area contributed by atoms with Crippen LogP contribution in [0.1, 0.15) is 29.4 Å². The Morgan fingerprint density at radius 3 is 2.64 bits per heavy atom. The molecule has 0 aliphatic rings. The van der Waals surface area contributed by atoms with E-state index in [9.17, 15) is 0 Å². The van der Waals surface area contributed by atoms with Gasteiger partial charge in [0.05, 0.1) is 31.6 Å². The van der Waals surface area contributed by atoms with Gasteiger partial charge in [0.2, 0.25) is 0 Å². The van der Waals surface area contributed by atoms with Crippen molar-refractivity contribution in [3.05, 3.63) is 53.1 Å². The predicted molar refractivity (Wildman–Crippen MR) is 112 cm³/mol. The Kier molecular flexibility index (Phi) is 9.18. The third-order valence-corrected chi connectivity index (χ3v) is 3.64. The summed E-state index contributed by atoms with van der Waals surface area (Å²) in [6.07, 6.45) is 3.61. The molecule has 136 valence electrons. The van der Waals surface area contributed by atoms with E-state index < -0.39 is 0 Å². The van der Waals surface area contributed by atoms with E-state index in [1.807, 2.05) is 45.2 Å². The molecule has 0 aliphatic carbocycles. The van der Waals surface area contributed by atoms with E-state index in [1.54, 1.807) is 13.3 Å². The van der Waals surface area contributed by atoms with Crippen LogP contribution in [0, 0.1) is 13.8 Å². The van der Waals surface area contributed by atoms with Gasteiger partial charge >= 0.3 is 0 Å². The zero-order valence-corrected chi connectivity index (χ0v) is 17.5. The lowest BCUT2D eigenvalue weighted by molar-refractivity contribution is 0.406. The maximum atomic E-state index is 5.45. The summed E-state index contributed by atoms with van der Waals surface area (Å²) < 4.78 is 5.45. The SMILES string of the molecule is CCNC(=NCc1ccccn1)NCc1ncc(C)c(OC)c1C.I. The molecule has 0 amide bonds. The van der Waals surface area contributed by atoms with E-state index in [-0.39, 0.29) is 24.0 Å². The second-order valence-corrected chi connectivity index (χ2v) is 5.42. The second kappa shape index (κ2) is 10.9. The van der Waals surface area contributed by atoms with E-state index >= 15 is 0 Å². The normalized spacial score (nSPS) is 10.8. The number of nitrogens with one attached hydrogen (secondary N) is 2. The number of aliphatic imine (C=N–C) groups is 1. The van der Waals surface area contributed by atoms with E-state index in [0.29, 0.717) is 13.1 Å². The Morgan fingerprint density at radius 2 is 2.00 bits per heavy atom. The molecule has 2 heterocycles. The topological polar surface area (TPSA) is 71.4 Å². The molecule has 6 nitrogen and oxygen atoms in total. The zero-order chi connectivity index (χ0) is 17.4. The van der Waals surface area contributed by atoms with Crippen molar-refractivity contribution in [2.24, 2.45) is 4.99 Å². The standard InChI is InChI=1S/C18H25N5O.HI/c1-5-19-18(22-11-15-8-6-7-9-20-15)23-12-16-14(3)17(24-4)13(2)10-21-16;/h6-10H,5,11-12H2,1-4H3,(H2,19,22,23);1H. The second-order valence-electron chi connectivity index (χ2n) is 5.42. The number of rotatable bonds is 6. The number of aryl methyl sites for hydroxylation is 1. The Morgan fingerprint density at radius 1 is 1.20 bits per heavy atom. The quantitative estimate of drug-likeness (QED) is 0.398. The highest BCUT2D eigenvalue weighted by Gasteiger charge is 2.09. The van der Waals surface area contributed by atoms with Gasteiger partial charge in [-0.1, -0.05) is 6.07 Å². The molecule has 2 rings (SSSR count). The van der Waals surface area contributed by atoms with Gasteiger partial charge in [-0.15, -0.1) is 24.0 Å². The summed E-state index contributed by atoms with van der Waals surface area (Å²) in [5.74, 6) is 1.63. The molecule has 2 aromatic rings. The minimum atomic E-state index is 0. The molecule has 0 aromatic carbocycles. The molecule has 0 radical (unpaired) electrons. The lowest BCUT2D eigenvalue weighted by atomic mass is 10.1. The number of hydrogen-bond acceptors (Lipinski definition) is 4. The summed E-state index contributed by atoms with van der Waals surface area (Å²) in [4.78, 5) is 13.3. The summed E-state index contributed by atoms with van der Waals surface area (Å²) >= 11 is 0. The van der Waals surface area contributed by atoms with Crippen LogP contribution in [0.4, 0.5) is 0 Å². The van der Waals surface area contributed by atoms with Crippen molar-refractivity contribution in [2.75, 3.05) is 13.7 Å². The summed E-state index contributed by atoms with van der Waals surface area (Å²) in [7, 11) is 1.69. The van der Waals surface area contributed by atoms with E-state index in [4.69, 9.17) is 4.74 Å². The molecule has 0 fully saturated rings. The van der Waals surface area contributed by atoms with Gasteiger partial charge in [-0.05, 0) is 32.9 Å². The molecule has 0 saturated heterocycles. The van der Waals surface area contributed by atoms with Crippen molar-refractivity contribution in [1.82, 2.24) is 20.6 Å². The highest BCUT2D eigenvalue weighted by atomic mass is 127. The average molecular weight is 455 g/mol. The van der Waals surface area contributed by atoms with Crippen molar-refractivity contribution >= 4 is 29.9 Å². The Balaban J connectivity index is 0.00000312. The summed E-state index contributed by atoms with van der Waals surface area (Å²) in [6, 6.07) is 5.82. The lowest BCUT2D eigenvalue weighted by Gasteiger charge is -2.15. The largest absolute Gasteiger partial charge is 0.496 e. The summed E-state index contributed by atoms with van der Waals surface area (Å²) in [6.45, 7) is 7.95. The average Bonchev–Trinajstić information content (AvgIpc) is 2.60. The van der Waals surface area contributed by atoms with Crippen LogP contribution in [0.5, 0.6) is 5.75 Å². The first kappa shape index (κ1) is 21.1. The van der Waals surface area contributed by atoms with Crippen LogP contribution in [-0.4, -0.2) is 29.6 Å². The van der Waals surface area contributed by atoms with Gasteiger partial charge in [-0.25, -0.2) is 4.99 Å². The Hall–Kier alpha value is -1.90. The van der Waals surface area contributed by atoms with Crippen LogP contribution in [-0.2, 0) is 13.1 Å². The Bertz CT molecular complexity index is 691. The van der Waals surface area contributed by atoms with Gasteiger partial charge in [-0.3, -0.25) is 9.97 Å². The number of nitrogens with zero attached hydrogens (tertiary/aromatic N) is 3. The third kappa shape index (κ3) is 6.15. The number of pyridine rings is 2. The van der Waals surface area contributed by atoms with Crippen molar-refractivity contribution in [3.8, 4) is 5.75 Å². The molecule has 2 aromatic heterocycles. The highest BCUT2D eigenvalue weighted by Crippen LogP contribution is 2.23. The first-order chi connectivity index (χ1) is 11.7. The molecule has 25 heavy (non-hydrogen) atoms. The number of aromatic nitrogens is 2. The minimum absolute atomic E-state index is 0. The van der Waals surface area contributed by atoms with Crippen LogP contribution < -0.4 is 15.4 Å². The van der Waals surface area contributed by atoms with E-state index in [1.165, 1.54) is 0 Å². The van der Waals surface area contributed by atoms with Crippen LogP contribution in [0.15, 0.2) is 35.6 Å². The molecule has 0 unspecified atom stereocenters. The number of halogens is 1. The first-order valence-electron chi connectivity index (χ1n) is 8.06. The maximum Gasteiger partial charge on any atom is 0.191 e. The van der Waals surface area contributed by atoms with Gasteiger partial charge < -0.3 is 15.4 Å². The third-order valence-electron chi connectivity index (χ3n) is 3.64. The van der Waals surface area contributed by atoms with Crippen molar-refractivity contribution < 1.29 is 4.74 Å². The fourth-order valence-electron chi connectivity index (χ4n) is 2.41. The predicted octanol–water partition coefficient (Wildman–Crippen LogP) is 2.98. The van der Waals surface area contributed by atoms with Crippen molar-refractivity contribution in [1.29, 1.82) is 0 Å². The highest BCUT2D eigenvalue weighted by molar-refractivity contribution is 14.0. The van der Waals surface area contributed by atoms with E-state index in [0.717, 1.165) is 40.8 Å². The summed E-state index contributed by atoms with van der Waals surface area (Å²) in [5, 5.41) is 6.55. The molecule has 0 aliphatic heterocycles. The van der Waals surface area contributed by atoms with Crippen LogP contribution in [0.25, 0.3) is 0 Å².